The first-order chi connectivity index (χ1) is 16.0. The largest absolute Gasteiger partial charge is 0.491 e. The summed E-state index contributed by atoms with van der Waals surface area (Å²) < 4.78 is 9.27. The third-order valence-corrected chi connectivity index (χ3v) is 6.89. The summed E-state index contributed by atoms with van der Waals surface area (Å²) >= 11 is 3.59. The summed E-state index contributed by atoms with van der Waals surface area (Å²) in [6.45, 7) is 5.97. The van der Waals surface area contributed by atoms with Crippen LogP contribution in [-0.4, -0.2) is 28.6 Å². The summed E-state index contributed by atoms with van der Waals surface area (Å²) in [6, 6.07) is 22.2. The fourth-order valence-corrected chi connectivity index (χ4v) is 5.13. The Morgan fingerprint density at radius 3 is 2.67 bits per heavy atom. The molecule has 1 aliphatic rings. The second kappa shape index (κ2) is 9.02. The number of hydrogen-bond donors (Lipinski definition) is 0. The molecule has 0 aliphatic carbocycles. The highest BCUT2D eigenvalue weighted by atomic mass is 79.9. The molecule has 0 radical (unpaired) electrons. The van der Waals surface area contributed by atoms with E-state index in [1.54, 1.807) is 0 Å². The third-order valence-electron chi connectivity index (χ3n) is 6.22. The predicted octanol–water partition coefficient (Wildman–Crippen LogP) is 6.02. The number of fused-ring (bicyclic) bond motifs is 1. The monoisotopic (exact) mass is 503 g/mol. The molecule has 0 spiro atoms. The SMILES string of the molecule is Cc1ccc(OCCn2c(C3CC(=O)N(c4ccccc4Br)C3)nc3ccccc32)c(C)c1. The van der Waals surface area contributed by atoms with Crippen molar-refractivity contribution in [2.24, 2.45) is 0 Å². The number of carbonyl (C=O) groups excluding carboxylic acids is 1. The van der Waals surface area contributed by atoms with Crippen LogP contribution in [0.1, 0.15) is 29.3 Å². The Balaban J connectivity index is 1.41. The summed E-state index contributed by atoms with van der Waals surface area (Å²) in [5.74, 6) is 2.00. The molecule has 6 heteroatoms. The lowest BCUT2D eigenvalue weighted by atomic mass is 10.1. The molecular formula is C27H26BrN3O2. The molecule has 0 bridgehead atoms. The molecule has 1 atom stereocenters. The Morgan fingerprint density at radius 1 is 1.06 bits per heavy atom. The summed E-state index contributed by atoms with van der Waals surface area (Å²) in [6.07, 6.45) is 0.447. The number of amides is 1. The van der Waals surface area contributed by atoms with Gasteiger partial charge in [0.2, 0.25) is 5.91 Å². The molecule has 3 aromatic carbocycles. The van der Waals surface area contributed by atoms with Crippen LogP contribution in [0.5, 0.6) is 5.75 Å². The van der Waals surface area contributed by atoms with E-state index < -0.39 is 0 Å². The van der Waals surface area contributed by atoms with E-state index >= 15 is 0 Å². The number of aromatic nitrogens is 2. The van der Waals surface area contributed by atoms with Gasteiger partial charge in [0, 0.05) is 23.4 Å². The van der Waals surface area contributed by atoms with Crippen molar-refractivity contribution < 1.29 is 9.53 Å². The van der Waals surface area contributed by atoms with Crippen molar-refractivity contribution in [1.29, 1.82) is 0 Å². The third kappa shape index (κ3) is 4.27. The minimum atomic E-state index is 0.0260. The van der Waals surface area contributed by atoms with Crippen molar-refractivity contribution in [3.8, 4) is 5.75 Å². The van der Waals surface area contributed by atoms with Gasteiger partial charge >= 0.3 is 0 Å². The molecular weight excluding hydrogens is 478 g/mol. The number of rotatable bonds is 6. The predicted molar refractivity (Wildman–Crippen MR) is 135 cm³/mol. The molecule has 1 unspecified atom stereocenters. The lowest BCUT2D eigenvalue weighted by molar-refractivity contribution is -0.117. The van der Waals surface area contributed by atoms with Gasteiger partial charge in [-0.05, 0) is 65.7 Å². The Kier molecular flexibility index (Phi) is 5.94. The van der Waals surface area contributed by atoms with E-state index in [-0.39, 0.29) is 11.8 Å². The van der Waals surface area contributed by atoms with Crippen molar-refractivity contribution in [2.75, 3.05) is 18.1 Å². The van der Waals surface area contributed by atoms with Crippen LogP contribution in [0.25, 0.3) is 11.0 Å². The van der Waals surface area contributed by atoms with Crippen LogP contribution in [0.15, 0.2) is 71.2 Å². The van der Waals surface area contributed by atoms with Crippen LogP contribution < -0.4 is 9.64 Å². The zero-order chi connectivity index (χ0) is 22.9. The van der Waals surface area contributed by atoms with Gasteiger partial charge < -0.3 is 14.2 Å². The van der Waals surface area contributed by atoms with Gasteiger partial charge in [-0.3, -0.25) is 4.79 Å². The maximum atomic E-state index is 12.9. The molecule has 1 aliphatic heterocycles. The van der Waals surface area contributed by atoms with Crippen LogP contribution in [0.4, 0.5) is 5.69 Å². The quantitative estimate of drug-likeness (QED) is 0.323. The fourth-order valence-electron chi connectivity index (χ4n) is 4.63. The average molecular weight is 504 g/mol. The minimum absolute atomic E-state index is 0.0260. The number of anilines is 1. The molecule has 1 aromatic heterocycles. The number of ether oxygens (including phenoxy) is 1. The first kappa shape index (κ1) is 21.7. The van der Waals surface area contributed by atoms with E-state index in [0.717, 1.165) is 38.3 Å². The number of aryl methyl sites for hydroxylation is 2. The summed E-state index contributed by atoms with van der Waals surface area (Å²) in [5, 5.41) is 0. The maximum Gasteiger partial charge on any atom is 0.227 e. The molecule has 33 heavy (non-hydrogen) atoms. The first-order valence-electron chi connectivity index (χ1n) is 11.2. The molecule has 1 amide bonds. The Labute approximate surface area is 202 Å². The molecule has 5 nitrogen and oxygen atoms in total. The molecule has 1 fully saturated rings. The van der Waals surface area contributed by atoms with Gasteiger partial charge in [-0.15, -0.1) is 0 Å². The van der Waals surface area contributed by atoms with Crippen LogP contribution in [-0.2, 0) is 11.3 Å². The highest BCUT2D eigenvalue weighted by Gasteiger charge is 2.35. The summed E-state index contributed by atoms with van der Waals surface area (Å²) in [4.78, 5) is 19.8. The molecule has 168 valence electrons. The number of hydrogen-bond acceptors (Lipinski definition) is 3. The van der Waals surface area contributed by atoms with Crippen molar-refractivity contribution in [3.05, 3.63) is 88.2 Å². The average Bonchev–Trinajstić information content (AvgIpc) is 3.36. The fraction of sp³-hybridized carbons (Fsp3) is 0.259. The summed E-state index contributed by atoms with van der Waals surface area (Å²) in [7, 11) is 0. The van der Waals surface area contributed by atoms with Gasteiger partial charge in [-0.2, -0.15) is 0 Å². The van der Waals surface area contributed by atoms with E-state index in [1.807, 2.05) is 53.4 Å². The van der Waals surface area contributed by atoms with Gasteiger partial charge in [0.1, 0.15) is 18.2 Å². The first-order valence-corrected chi connectivity index (χ1v) is 12.0. The number of imidazole rings is 1. The topological polar surface area (TPSA) is 47.4 Å². The van der Waals surface area contributed by atoms with Crippen molar-refractivity contribution in [1.82, 2.24) is 9.55 Å². The zero-order valence-corrected chi connectivity index (χ0v) is 20.4. The smallest absolute Gasteiger partial charge is 0.227 e. The number of benzene rings is 3. The van der Waals surface area contributed by atoms with E-state index in [0.29, 0.717) is 26.1 Å². The number of carbonyl (C=O) groups is 1. The second-order valence-corrected chi connectivity index (χ2v) is 9.44. The van der Waals surface area contributed by atoms with E-state index in [4.69, 9.17) is 9.72 Å². The van der Waals surface area contributed by atoms with Crippen molar-refractivity contribution in [3.63, 3.8) is 0 Å². The molecule has 0 N–H and O–H groups in total. The maximum absolute atomic E-state index is 12.9. The van der Waals surface area contributed by atoms with Gasteiger partial charge in [0.25, 0.3) is 0 Å². The molecule has 0 saturated carbocycles. The van der Waals surface area contributed by atoms with Crippen molar-refractivity contribution >= 4 is 38.6 Å². The summed E-state index contributed by atoms with van der Waals surface area (Å²) in [5.41, 5.74) is 5.29. The molecule has 2 heterocycles. The number of halogens is 1. The van der Waals surface area contributed by atoms with E-state index in [9.17, 15) is 4.79 Å². The Morgan fingerprint density at radius 2 is 1.85 bits per heavy atom. The van der Waals surface area contributed by atoms with Crippen LogP contribution in [0.2, 0.25) is 0 Å². The molecule has 1 saturated heterocycles. The second-order valence-electron chi connectivity index (χ2n) is 8.58. The van der Waals surface area contributed by atoms with Crippen molar-refractivity contribution in [2.45, 2.75) is 32.7 Å². The minimum Gasteiger partial charge on any atom is -0.491 e. The van der Waals surface area contributed by atoms with Gasteiger partial charge in [-0.25, -0.2) is 4.98 Å². The van der Waals surface area contributed by atoms with E-state index in [1.165, 1.54) is 5.56 Å². The lowest BCUT2D eigenvalue weighted by Crippen LogP contribution is -2.25. The van der Waals surface area contributed by atoms with E-state index in [2.05, 4.69) is 52.5 Å². The van der Waals surface area contributed by atoms with Crippen LogP contribution in [0.3, 0.4) is 0 Å². The van der Waals surface area contributed by atoms with Gasteiger partial charge in [0.15, 0.2) is 0 Å². The standard InChI is InChI=1S/C27H26BrN3O2/c1-18-11-12-25(19(2)15-18)33-14-13-30-24-10-6-4-8-22(24)29-27(30)20-16-26(32)31(17-20)23-9-5-3-7-21(23)28/h3-12,15,20H,13-14,16-17H2,1-2H3. The van der Waals surface area contributed by atoms with Crippen LogP contribution >= 0.6 is 15.9 Å². The van der Waals surface area contributed by atoms with Gasteiger partial charge in [-0.1, -0.05) is 42.0 Å². The molecule has 4 aromatic rings. The Bertz CT molecular complexity index is 1330. The lowest BCUT2D eigenvalue weighted by Gasteiger charge is -2.19. The van der Waals surface area contributed by atoms with Crippen LogP contribution in [0, 0.1) is 13.8 Å². The van der Waals surface area contributed by atoms with Gasteiger partial charge in [0.05, 0.1) is 23.3 Å². The number of para-hydroxylation sites is 3. The normalized spacial score (nSPS) is 16.0. The molecule has 5 rings (SSSR count). The zero-order valence-electron chi connectivity index (χ0n) is 18.8. The Hall–Kier alpha value is -3.12. The highest BCUT2D eigenvalue weighted by Crippen LogP contribution is 2.36. The highest BCUT2D eigenvalue weighted by molar-refractivity contribution is 9.10. The number of nitrogens with zero attached hydrogens (tertiary/aromatic N) is 3.